The van der Waals surface area contributed by atoms with Gasteiger partial charge in [-0.2, -0.15) is 15.0 Å². The van der Waals surface area contributed by atoms with E-state index in [0.717, 1.165) is 16.7 Å². The Labute approximate surface area is 161 Å². The highest BCUT2D eigenvalue weighted by Crippen LogP contribution is 2.46. The van der Waals surface area contributed by atoms with Crippen LogP contribution in [0.25, 0.3) is 0 Å². The van der Waals surface area contributed by atoms with Gasteiger partial charge < -0.3 is 15.6 Å². The van der Waals surface area contributed by atoms with Gasteiger partial charge in [-0.25, -0.2) is 0 Å². The molecule has 3 aromatic rings. The highest BCUT2D eigenvalue weighted by Gasteiger charge is 2.36. The average molecular weight is 380 g/mol. The molecule has 27 heavy (non-hydrogen) atoms. The first-order chi connectivity index (χ1) is 13.3. The molecule has 8 nitrogen and oxygen atoms in total. The van der Waals surface area contributed by atoms with Crippen molar-refractivity contribution in [2.45, 2.75) is 48.6 Å². The van der Waals surface area contributed by atoms with Gasteiger partial charge in [0.25, 0.3) is 0 Å². The molecule has 0 amide bonds. The summed E-state index contributed by atoms with van der Waals surface area (Å²) in [5.41, 5.74) is 6.78. The molecule has 1 aromatic carbocycles. The Morgan fingerprint density at radius 2 is 1.85 bits per heavy atom. The summed E-state index contributed by atoms with van der Waals surface area (Å²) in [5, 5.41) is 13.0. The van der Waals surface area contributed by atoms with Gasteiger partial charge in [0.2, 0.25) is 11.9 Å². The van der Waals surface area contributed by atoms with E-state index < -0.39 is 0 Å². The van der Waals surface area contributed by atoms with E-state index in [1.54, 1.807) is 11.8 Å². The lowest BCUT2D eigenvalue weighted by Gasteiger charge is -2.09. The zero-order chi connectivity index (χ0) is 18.2. The number of hydrogen-bond donors (Lipinski definition) is 2. The minimum absolute atomic E-state index is 0.210. The van der Waals surface area contributed by atoms with Crippen LogP contribution in [0.1, 0.15) is 49.3 Å². The van der Waals surface area contributed by atoms with Crippen LogP contribution in [0.15, 0.2) is 35.5 Å². The summed E-state index contributed by atoms with van der Waals surface area (Å²) in [6.45, 7) is 0. The van der Waals surface area contributed by atoms with Gasteiger partial charge in [-0.1, -0.05) is 30.0 Å². The minimum atomic E-state index is 0.210. The summed E-state index contributed by atoms with van der Waals surface area (Å²) in [4.78, 5) is 12.9. The fourth-order valence-electron chi connectivity index (χ4n) is 3.02. The van der Waals surface area contributed by atoms with E-state index in [4.69, 9.17) is 5.73 Å². The van der Waals surface area contributed by atoms with Crippen molar-refractivity contribution < 1.29 is 0 Å². The Balaban J connectivity index is 1.33. The predicted octanol–water partition coefficient (Wildman–Crippen LogP) is 3.29. The number of nitrogens with one attached hydrogen (secondary N) is 1. The number of hydrogen-bond acceptors (Lipinski definition) is 8. The number of thioether (sulfide) groups is 1. The van der Waals surface area contributed by atoms with E-state index in [0.29, 0.717) is 29.5 Å². The zero-order valence-electron chi connectivity index (χ0n) is 14.7. The van der Waals surface area contributed by atoms with Gasteiger partial charge in [0.15, 0.2) is 5.16 Å². The maximum Gasteiger partial charge on any atom is 0.232 e. The van der Waals surface area contributed by atoms with Crippen molar-refractivity contribution in [3.8, 4) is 0 Å². The summed E-state index contributed by atoms with van der Waals surface area (Å²) in [6, 6.07) is 10.3. The van der Waals surface area contributed by atoms with Crippen LogP contribution in [0, 0.1) is 0 Å². The number of nitrogens with two attached hydrogens (primary N) is 1. The second-order valence-corrected chi connectivity index (χ2v) is 7.87. The Morgan fingerprint density at radius 1 is 1.04 bits per heavy atom. The first kappa shape index (κ1) is 16.5. The number of aromatic nitrogens is 6. The first-order valence-corrected chi connectivity index (χ1v) is 10.1. The maximum absolute atomic E-state index is 5.88. The molecule has 0 spiro atoms. The van der Waals surface area contributed by atoms with E-state index >= 15 is 0 Å². The molecule has 0 unspecified atom stereocenters. The van der Waals surface area contributed by atoms with Crippen molar-refractivity contribution in [3.05, 3.63) is 42.0 Å². The molecule has 0 saturated heterocycles. The Kier molecular flexibility index (Phi) is 4.16. The normalized spacial score (nSPS) is 16.4. The molecule has 5 rings (SSSR count). The maximum atomic E-state index is 5.88. The van der Waals surface area contributed by atoms with Gasteiger partial charge in [-0.05, 0) is 37.8 Å². The van der Waals surface area contributed by atoms with Gasteiger partial charge in [0, 0.05) is 17.6 Å². The number of benzene rings is 1. The summed E-state index contributed by atoms with van der Waals surface area (Å²) in [6.07, 6.45) is 4.90. The van der Waals surface area contributed by atoms with Crippen LogP contribution in [0.3, 0.4) is 0 Å². The molecule has 0 aliphatic heterocycles. The number of anilines is 3. The number of nitrogen functional groups attached to an aromatic ring is 1. The molecule has 2 aliphatic carbocycles. The third-order valence-corrected chi connectivity index (χ3v) is 5.54. The second-order valence-electron chi connectivity index (χ2n) is 6.93. The minimum Gasteiger partial charge on any atom is -0.368 e. The molecule has 138 valence electrons. The van der Waals surface area contributed by atoms with Gasteiger partial charge >= 0.3 is 0 Å². The summed E-state index contributed by atoms with van der Waals surface area (Å²) in [5.74, 6) is 3.62. The average Bonchev–Trinajstić information content (AvgIpc) is 3.59. The van der Waals surface area contributed by atoms with Crippen LogP contribution in [0.2, 0.25) is 0 Å². The van der Waals surface area contributed by atoms with Gasteiger partial charge in [0.05, 0.1) is 5.75 Å². The van der Waals surface area contributed by atoms with Crippen LogP contribution >= 0.6 is 11.8 Å². The molecule has 0 bridgehead atoms. The molecule has 0 radical (unpaired) electrons. The van der Waals surface area contributed by atoms with Crippen molar-refractivity contribution in [2.75, 3.05) is 11.1 Å². The highest BCUT2D eigenvalue weighted by atomic mass is 32.2. The van der Waals surface area contributed by atoms with Gasteiger partial charge in [-0.3, -0.25) is 0 Å². The van der Waals surface area contributed by atoms with Crippen LogP contribution in [0.5, 0.6) is 0 Å². The summed E-state index contributed by atoms with van der Waals surface area (Å²) in [7, 11) is 0. The smallest absolute Gasteiger partial charge is 0.232 e. The van der Waals surface area contributed by atoms with Crippen molar-refractivity contribution in [1.82, 2.24) is 29.7 Å². The molecule has 2 aliphatic rings. The quantitative estimate of drug-likeness (QED) is 0.601. The first-order valence-electron chi connectivity index (χ1n) is 9.16. The molecule has 2 saturated carbocycles. The van der Waals surface area contributed by atoms with Crippen LogP contribution in [-0.4, -0.2) is 29.7 Å². The third-order valence-electron chi connectivity index (χ3n) is 4.60. The summed E-state index contributed by atoms with van der Waals surface area (Å²) >= 11 is 1.61. The van der Waals surface area contributed by atoms with Crippen molar-refractivity contribution >= 4 is 29.3 Å². The molecular formula is C18H20N8S. The second kappa shape index (κ2) is 6.80. The van der Waals surface area contributed by atoms with Crippen molar-refractivity contribution in [3.63, 3.8) is 0 Å². The number of para-hydroxylation sites is 1. The molecule has 2 heterocycles. The zero-order valence-corrected chi connectivity index (χ0v) is 15.6. The monoisotopic (exact) mass is 380 g/mol. The molecule has 2 aromatic heterocycles. The Morgan fingerprint density at radius 3 is 2.59 bits per heavy atom. The van der Waals surface area contributed by atoms with Gasteiger partial charge in [-0.15, -0.1) is 10.2 Å². The lowest BCUT2D eigenvalue weighted by molar-refractivity contribution is 0.626. The fourth-order valence-corrected chi connectivity index (χ4v) is 3.89. The van der Waals surface area contributed by atoms with E-state index in [9.17, 15) is 0 Å². The molecule has 2 fully saturated rings. The van der Waals surface area contributed by atoms with Crippen LogP contribution < -0.4 is 11.1 Å². The van der Waals surface area contributed by atoms with E-state index in [-0.39, 0.29) is 5.95 Å². The number of nitrogens with zero attached hydrogens (tertiary/aromatic N) is 6. The lowest BCUT2D eigenvalue weighted by atomic mass is 10.3. The Hall–Kier alpha value is -2.68. The largest absolute Gasteiger partial charge is 0.368 e. The van der Waals surface area contributed by atoms with E-state index in [2.05, 4.69) is 35.0 Å². The summed E-state index contributed by atoms with van der Waals surface area (Å²) < 4.78 is 2.33. The molecule has 0 atom stereocenters. The topological polar surface area (TPSA) is 107 Å². The SMILES string of the molecule is Nc1nc(CSc2nnc(C3CC3)n2C2CC2)nc(Nc2ccccc2)n1. The molecular weight excluding hydrogens is 360 g/mol. The Bertz CT molecular complexity index is 949. The highest BCUT2D eigenvalue weighted by molar-refractivity contribution is 7.98. The van der Waals surface area contributed by atoms with Crippen LogP contribution in [0.4, 0.5) is 17.6 Å². The fraction of sp³-hybridized carbons (Fsp3) is 0.389. The van der Waals surface area contributed by atoms with Crippen LogP contribution in [-0.2, 0) is 5.75 Å². The van der Waals surface area contributed by atoms with E-state index in [1.165, 1.54) is 25.7 Å². The predicted molar refractivity (Wildman–Crippen MR) is 104 cm³/mol. The van der Waals surface area contributed by atoms with E-state index in [1.807, 2.05) is 30.3 Å². The molecule has 3 N–H and O–H groups in total. The third kappa shape index (κ3) is 3.73. The van der Waals surface area contributed by atoms with Crippen molar-refractivity contribution in [1.29, 1.82) is 0 Å². The molecule has 9 heteroatoms. The van der Waals surface area contributed by atoms with Gasteiger partial charge in [0.1, 0.15) is 11.6 Å². The lowest BCUT2D eigenvalue weighted by Crippen LogP contribution is -2.07. The standard InChI is InChI=1S/C18H20N8S/c19-16-21-14(22-17(23-16)20-12-4-2-1-3-5-12)10-27-18-25-24-15(11-6-7-11)26(18)13-8-9-13/h1-5,11,13H,6-10H2,(H3,19,20,21,22,23). The number of rotatable bonds is 7. The van der Waals surface area contributed by atoms with Crippen molar-refractivity contribution in [2.24, 2.45) is 0 Å².